The summed E-state index contributed by atoms with van der Waals surface area (Å²) in [6, 6.07) is 5.89. The number of carbonyl (C=O) groups excluding carboxylic acids is 2. The van der Waals surface area contributed by atoms with Crippen LogP contribution < -0.4 is 5.32 Å². The molecule has 2 rings (SSSR count). The Labute approximate surface area is 132 Å². The molecule has 0 saturated carbocycles. The van der Waals surface area contributed by atoms with Crippen LogP contribution in [0.4, 0.5) is 5.69 Å². The van der Waals surface area contributed by atoms with Crippen LogP contribution in [0.25, 0.3) is 0 Å². The molecule has 4 nitrogen and oxygen atoms in total. The molecular weight excluding hydrogens is 276 g/mol. The smallest absolute Gasteiger partial charge is 0.243 e. The number of rotatable bonds is 4. The number of amides is 2. The van der Waals surface area contributed by atoms with Crippen molar-refractivity contribution in [3.63, 3.8) is 0 Å². The first-order chi connectivity index (χ1) is 10.5. The lowest BCUT2D eigenvalue weighted by atomic mass is 9.93. The third-order valence-electron chi connectivity index (χ3n) is 4.12. The van der Waals surface area contributed by atoms with Crippen LogP contribution in [0.2, 0.25) is 0 Å². The van der Waals surface area contributed by atoms with E-state index in [9.17, 15) is 9.59 Å². The van der Waals surface area contributed by atoms with E-state index in [1.54, 1.807) is 7.05 Å². The summed E-state index contributed by atoms with van der Waals surface area (Å²) in [5, 5.41) is 2.92. The Kier molecular flexibility index (Phi) is 5.36. The molecule has 0 fully saturated rings. The van der Waals surface area contributed by atoms with Gasteiger partial charge in [-0.25, -0.2) is 0 Å². The summed E-state index contributed by atoms with van der Waals surface area (Å²) in [6.45, 7) is 4.02. The summed E-state index contributed by atoms with van der Waals surface area (Å²) in [5.41, 5.74) is 2.90. The van der Waals surface area contributed by atoms with E-state index in [0.29, 0.717) is 0 Å². The summed E-state index contributed by atoms with van der Waals surface area (Å²) >= 11 is 0. The lowest BCUT2D eigenvalue weighted by Crippen LogP contribution is -2.39. The van der Waals surface area contributed by atoms with Crippen LogP contribution in [0.5, 0.6) is 0 Å². The highest BCUT2D eigenvalue weighted by Crippen LogP contribution is 2.21. The second-order valence-corrected chi connectivity index (χ2v) is 5.99. The zero-order valence-electron chi connectivity index (χ0n) is 13.6. The highest BCUT2D eigenvalue weighted by molar-refractivity contribution is 5.96. The van der Waals surface area contributed by atoms with Gasteiger partial charge in [-0.3, -0.25) is 9.59 Å². The molecule has 0 radical (unpaired) electrons. The molecule has 0 spiro atoms. The average Bonchev–Trinajstić information content (AvgIpc) is 2.51. The molecule has 1 aromatic carbocycles. The van der Waals surface area contributed by atoms with Crippen molar-refractivity contribution >= 4 is 17.5 Å². The van der Waals surface area contributed by atoms with E-state index in [2.05, 4.69) is 17.5 Å². The molecule has 1 aliphatic carbocycles. The standard InChI is InChI=1S/C18H24N2O2/c1-13-8-7-9-14(2)17(13)19-16(21)12-20(3)18(22)15-10-5-4-6-11-15/h4-5,7-9,15H,6,10-12H2,1-3H3,(H,19,21)/t15-/m1/s1. The third kappa shape index (κ3) is 3.97. The van der Waals surface area contributed by atoms with E-state index in [1.807, 2.05) is 32.0 Å². The first-order valence-corrected chi connectivity index (χ1v) is 7.75. The number of allylic oxidation sites excluding steroid dienone is 2. The number of anilines is 1. The van der Waals surface area contributed by atoms with Crippen molar-refractivity contribution in [2.24, 2.45) is 5.92 Å². The van der Waals surface area contributed by atoms with Crippen molar-refractivity contribution in [3.05, 3.63) is 41.5 Å². The third-order valence-corrected chi connectivity index (χ3v) is 4.12. The van der Waals surface area contributed by atoms with Gasteiger partial charge in [-0.15, -0.1) is 0 Å². The maximum Gasteiger partial charge on any atom is 0.243 e. The van der Waals surface area contributed by atoms with Crippen LogP contribution in [0.3, 0.4) is 0 Å². The zero-order chi connectivity index (χ0) is 16.1. The minimum atomic E-state index is -0.153. The Morgan fingerprint density at radius 1 is 1.23 bits per heavy atom. The van der Waals surface area contributed by atoms with Crippen LogP contribution >= 0.6 is 0 Å². The van der Waals surface area contributed by atoms with Crippen molar-refractivity contribution in [3.8, 4) is 0 Å². The van der Waals surface area contributed by atoms with Crippen LogP contribution in [-0.4, -0.2) is 30.3 Å². The van der Waals surface area contributed by atoms with Gasteiger partial charge in [0, 0.05) is 18.7 Å². The molecular formula is C18H24N2O2. The van der Waals surface area contributed by atoms with E-state index in [4.69, 9.17) is 0 Å². The molecule has 1 aromatic rings. The maximum absolute atomic E-state index is 12.3. The van der Waals surface area contributed by atoms with E-state index in [-0.39, 0.29) is 24.3 Å². The van der Waals surface area contributed by atoms with Gasteiger partial charge < -0.3 is 10.2 Å². The van der Waals surface area contributed by atoms with E-state index in [1.165, 1.54) is 4.90 Å². The molecule has 22 heavy (non-hydrogen) atoms. The molecule has 118 valence electrons. The van der Waals surface area contributed by atoms with Gasteiger partial charge in [0.05, 0.1) is 6.54 Å². The van der Waals surface area contributed by atoms with Gasteiger partial charge in [-0.1, -0.05) is 30.4 Å². The number of nitrogens with zero attached hydrogens (tertiary/aromatic N) is 1. The average molecular weight is 300 g/mol. The molecule has 2 amide bonds. The lowest BCUT2D eigenvalue weighted by molar-refractivity contribution is -0.137. The normalized spacial score (nSPS) is 17.1. The predicted molar refractivity (Wildman–Crippen MR) is 88.7 cm³/mol. The molecule has 1 atom stereocenters. The van der Waals surface area contributed by atoms with Crippen molar-refractivity contribution in [2.45, 2.75) is 33.1 Å². The fourth-order valence-electron chi connectivity index (χ4n) is 2.81. The predicted octanol–water partition coefficient (Wildman–Crippen LogP) is 3.06. The number of para-hydroxylation sites is 1. The Bertz CT molecular complexity index is 572. The number of hydrogen-bond acceptors (Lipinski definition) is 2. The maximum atomic E-state index is 12.3. The molecule has 1 N–H and O–H groups in total. The number of benzene rings is 1. The molecule has 0 aromatic heterocycles. The second-order valence-electron chi connectivity index (χ2n) is 5.99. The quantitative estimate of drug-likeness (QED) is 0.869. The molecule has 0 aliphatic heterocycles. The second kappa shape index (κ2) is 7.25. The number of aryl methyl sites for hydroxylation is 2. The topological polar surface area (TPSA) is 49.4 Å². The summed E-state index contributed by atoms with van der Waals surface area (Å²) in [6.07, 6.45) is 6.76. The number of nitrogens with one attached hydrogen (secondary N) is 1. The van der Waals surface area contributed by atoms with Crippen LogP contribution in [0, 0.1) is 19.8 Å². The van der Waals surface area contributed by atoms with Crippen LogP contribution in [0.15, 0.2) is 30.4 Å². The van der Waals surface area contributed by atoms with Crippen molar-refractivity contribution in [1.29, 1.82) is 0 Å². The number of hydrogen-bond donors (Lipinski definition) is 1. The van der Waals surface area contributed by atoms with Gasteiger partial charge in [-0.05, 0) is 44.2 Å². The first-order valence-electron chi connectivity index (χ1n) is 7.75. The van der Waals surface area contributed by atoms with E-state index in [0.717, 1.165) is 36.1 Å². The molecule has 0 bridgehead atoms. The monoisotopic (exact) mass is 300 g/mol. The summed E-state index contributed by atoms with van der Waals surface area (Å²) in [5.74, 6) is -0.0800. The van der Waals surface area contributed by atoms with E-state index >= 15 is 0 Å². The fraction of sp³-hybridized carbons (Fsp3) is 0.444. The Balaban J connectivity index is 1.94. The van der Waals surface area contributed by atoms with Gasteiger partial charge in [0.1, 0.15) is 0 Å². The molecule has 0 unspecified atom stereocenters. The van der Waals surface area contributed by atoms with Crippen molar-refractivity contribution in [2.75, 3.05) is 18.9 Å². The SMILES string of the molecule is Cc1cccc(C)c1NC(=O)CN(C)C(=O)[C@@H]1CC=CCC1. The largest absolute Gasteiger partial charge is 0.336 e. The fourth-order valence-corrected chi connectivity index (χ4v) is 2.81. The van der Waals surface area contributed by atoms with E-state index < -0.39 is 0 Å². The Morgan fingerprint density at radius 2 is 1.91 bits per heavy atom. The summed E-state index contributed by atoms with van der Waals surface area (Å²) in [7, 11) is 1.70. The Hall–Kier alpha value is -2.10. The van der Waals surface area contributed by atoms with Gasteiger partial charge in [-0.2, -0.15) is 0 Å². The van der Waals surface area contributed by atoms with Crippen molar-refractivity contribution < 1.29 is 9.59 Å². The number of likely N-dealkylation sites (N-methyl/N-ethyl adjacent to an activating group) is 1. The highest BCUT2D eigenvalue weighted by Gasteiger charge is 2.23. The van der Waals surface area contributed by atoms with Crippen LogP contribution in [0.1, 0.15) is 30.4 Å². The van der Waals surface area contributed by atoms with Crippen molar-refractivity contribution in [1.82, 2.24) is 4.90 Å². The molecule has 4 heteroatoms. The zero-order valence-corrected chi connectivity index (χ0v) is 13.6. The van der Waals surface area contributed by atoms with Gasteiger partial charge in [0.25, 0.3) is 0 Å². The van der Waals surface area contributed by atoms with Crippen LogP contribution in [-0.2, 0) is 9.59 Å². The van der Waals surface area contributed by atoms with Gasteiger partial charge in [0.2, 0.25) is 11.8 Å². The number of carbonyl (C=O) groups is 2. The highest BCUT2D eigenvalue weighted by atomic mass is 16.2. The Morgan fingerprint density at radius 3 is 2.50 bits per heavy atom. The summed E-state index contributed by atoms with van der Waals surface area (Å²) < 4.78 is 0. The minimum Gasteiger partial charge on any atom is -0.336 e. The molecule has 1 aliphatic rings. The van der Waals surface area contributed by atoms with Gasteiger partial charge in [0.15, 0.2) is 0 Å². The molecule has 0 saturated heterocycles. The van der Waals surface area contributed by atoms with Gasteiger partial charge >= 0.3 is 0 Å². The first kappa shape index (κ1) is 16.3. The lowest BCUT2D eigenvalue weighted by Gasteiger charge is -2.24. The minimum absolute atomic E-state index is 0.0167. The summed E-state index contributed by atoms with van der Waals surface area (Å²) in [4.78, 5) is 26.1. The molecule has 0 heterocycles.